The van der Waals surface area contributed by atoms with Gasteiger partial charge in [0, 0.05) is 17.3 Å². The number of halogens is 1. The van der Waals surface area contributed by atoms with Gasteiger partial charge >= 0.3 is 0 Å². The normalized spacial score (nSPS) is 20.2. The fourth-order valence-corrected chi connectivity index (χ4v) is 2.65. The SMILES string of the molecule is NCC1CCCN(CC(=O)Nc2cccc(Cl)c2)C1. The lowest BCUT2D eigenvalue weighted by Gasteiger charge is -2.31. The lowest BCUT2D eigenvalue weighted by Crippen LogP contribution is -2.42. The Kier molecular flexibility index (Phi) is 5.19. The van der Waals surface area contributed by atoms with Crippen LogP contribution in [0.3, 0.4) is 0 Å². The van der Waals surface area contributed by atoms with Crippen molar-refractivity contribution in [2.24, 2.45) is 11.7 Å². The average Bonchev–Trinajstić information content (AvgIpc) is 2.38. The van der Waals surface area contributed by atoms with E-state index in [9.17, 15) is 4.79 Å². The first-order valence-corrected chi connectivity index (χ1v) is 7.03. The number of piperidine rings is 1. The molecule has 0 aromatic heterocycles. The molecule has 0 radical (unpaired) electrons. The van der Waals surface area contributed by atoms with E-state index in [2.05, 4.69) is 10.2 Å². The van der Waals surface area contributed by atoms with Crippen LogP contribution >= 0.6 is 11.6 Å². The van der Waals surface area contributed by atoms with Crippen LogP contribution < -0.4 is 11.1 Å². The van der Waals surface area contributed by atoms with Gasteiger partial charge in [0.15, 0.2) is 0 Å². The van der Waals surface area contributed by atoms with Crippen molar-refractivity contribution in [1.29, 1.82) is 0 Å². The highest BCUT2D eigenvalue weighted by atomic mass is 35.5. The van der Waals surface area contributed by atoms with Gasteiger partial charge in [-0.25, -0.2) is 0 Å². The molecule has 1 unspecified atom stereocenters. The Balaban J connectivity index is 1.84. The van der Waals surface area contributed by atoms with Gasteiger partial charge in [0.1, 0.15) is 0 Å². The van der Waals surface area contributed by atoms with Gasteiger partial charge in [-0.3, -0.25) is 9.69 Å². The molecule has 3 N–H and O–H groups in total. The van der Waals surface area contributed by atoms with Crippen molar-refractivity contribution in [3.63, 3.8) is 0 Å². The van der Waals surface area contributed by atoms with Gasteiger partial charge in [0.25, 0.3) is 0 Å². The van der Waals surface area contributed by atoms with Crippen LogP contribution in [-0.2, 0) is 4.79 Å². The number of amides is 1. The van der Waals surface area contributed by atoms with Crippen molar-refractivity contribution in [3.8, 4) is 0 Å². The summed E-state index contributed by atoms with van der Waals surface area (Å²) in [4.78, 5) is 14.1. The molecule has 5 heteroatoms. The smallest absolute Gasteiger partial charge is 0.238 e. The van der Waals surface area contributed by atoms with E-state index >= 15 is 0 Å². The molecule has 2 rings (SSSR count). The van der Waals surface area contributed by atoms with Crippen molar-refractivity contribution in [2.75, 3.05) is 31.5 Å². The zero-order valence-electron chi connectivity index (χ0n) is 10.9. The molecule has 1 aromatic carbocycles. The fraction of sp³-hybridized carbons (Fsp3) is 0.500. The molecular formula is C14H20ClN3O. The molecule has 104 valence electrons. The number of hydrogen-bond donors (Lipinski definition) is 2. The molecule has 1 saturated heterocycles. The van der Waals surface area contributed by atoms with Crippen LogP contribution in [0.4, 0.5) is 5.69 Å². The van der Waals surface area contributed by atoms with E-state index in [0.717, 1.165) is 25.2 Å². The zero-order valence-corrected chi connectivity index (χ0v) is 11.7. The number of carbonyl (C=O) groups is 1. The highest BCUT2D eigenvalue weighted by molar-refractivity contribution is 6.30. The Bertz CT molecular complexity index is 438. The van der Waals surface area contributed by atoms with Crippen molar-refractivity contribution in [2.45, 2.75) is 12.8 Å². The Hall–Kier alpha value is -1.10. The molecule has 1 aliphatic rings. The summed E-state index contributed by atoms with van der Waals surface area (Å²) in [5.74, 6) is 0.521. The van der Waals surface area contributed by atoms with Gasteiger partial charge in [-0.15, -0.1) is 0 Å². The molecule has 1 amide bonds. The molecule has 0 aliphatic carbocycles. The third-order valence-electron chi connectivity index (χ3n) is 3.41. The van der Waals surface area contributed by atoms with Gasteiger partial charge in [0.05, 0.1) is 6.54 Å². The van der Waals surface area contributed by atoms with Crippen LogP contribution in [0.2, 0.25) is 5.02 Å². The average molecular weight is 282 g/mol. The number of rotatable bonds is 4. The van der Waals surface area contributed by atoms with Gasteiger partial charge < -0.3 is 11.1 Å². The second kappa shape index (κ2) is 6.89. The standard InChI is InChI=1S/C14H20ClN3O/c15-12-4-1-5-13(7-12)17-14(19)10-18-6-2-3-11(8-16)9-18/h1,4-5,7,11H,2-3,6,8-10,16H2,(H,17,19). The molecule has 1 aliphatic heterocycles. The lowest BCUT2D eigenvalue weighted by atomic mass is 9.98. The highest BCUT2D eigenvalue weighted by Crippen LogP contribution is 2.16. The van der Waals surface area contributed by atoms with E-state index in [1.165, 1.54) is 6.42 Å². The minimum atomic E-state index is -0.0000573. The Labute approximate surface area is 118 Å². The number of carbonyl (C=O) groups excluding carboxylic acids is 1. The summed E-state index contributed by atoms with van der Waals surface area (Å²) in [6.07, 6.45) is 2.29. The first kappa shape index (κ1) is 14.3. The summed E-state index contributed by atoms with van der Waals surface area (Å²) >= 11 is 5.88. The van der Waals surface area contributed by atoms with E-state index in [-0.39, 0.29) is 5.91 Å². The Morgan fingerprint density at radius 2 is 2.37 bits per heavy atom. The molecular weight excluding hydrogens is 262 g/mol. The molecule has 19 heavy (non-hydrogen) atoms. The summed E-state index contributed by atoms with van der Waals surface area (Å²) in [5, 5.41) is 3.49. The highest BCUT2D eigenvalue weighted by Gasteiger charge is 2.20. The van der Waals surface area contributed by atoms with E-state index in [0.29, 0.717) is 24.0 Å². The number of nitrogens with one attached hydrogen (secondary N) is 1. The van der Waals surface area contributed by atoms with Crippen LogP contribution in [0.25, 0.3) is 0 Å². The minimum absolute atomic E-state index is 0.0000573. The maximum Gasteiger partial charge on any atom is 0.238 e. The predicted molar refractivity (Wildman–Crippen MR) is 78.3 cm³/mol. The maximum absolute atomic E-state index is 12.0. The monoisotopic (exact) mass is 281 g/mol. The third-order valence-corrected chi connectivity index (χ3v) is 3.65. The Morgan fingerprint density at radius 3 is 3.11 bits per heavy atom. The predicted octanol–water partition coefficient (Wildman–Crippen LogP) is 1.95. The number of nitrogens with zero attached hydrogens (tertiary/aromatic N) is 1. The van der Waals surface area contributed by atoms with Crippen molar-refractivity contribution in [3.05, 3.63) is 29.3 Å². The first-order valence-electron chi connectivity index (χ1n) is 6.65. The van der Waals surface area contributed by atoms with Crippen LogP contribution in [-0.4, -0.2) is 37.0 Å². The quantitative estimate of drug-likeness (QED) is 0.887. The molecule has 0 saturated carbocycles. The van der Waals surface area contributed by atoms with E-state index < -0.39 is 0 Å². The summed E-state index contributed by atoms with van der Waals surface area (Å²) in [6, 6.07) is 7.19. The van der Waals surface area contributed by atoms with E-state index in [1.807, 2.05) is 12.1 Å². The minimum Gasteiger partial charge on any atom is -0.330 e. The van der Waals surface area contributed by atoms with E-state index in [4.69, 9.17) is 17.3 Å². The molecule has 4 nitrogen and oxygen atoms in total. The van der Waals surface area contributed by atoms with Crippen LogP contribution in [0.5, 0.6) is 0 Å². The number of anilines is 1. The lowest BCUT2D eigenvalue weighted by molar-refractivity contribution is -0.117. The third kappa shape index (κ3) is 4.49. The second-order valence-electron chi connectivity index (χ2n) is 5.04. The zero-order chi connectivity index (χ0) is 13.7. The fourth-order valence-electron chi connectivity index (χ4n) is 2.46. The largest absolute Gasteiger partial charge is 0.330 e. The van der Waals surface area contributed by atoms with Gasteiger partial charge in [-0.1, -0.05) is 17.7 Å². The summed E-state index contributed by atoms with van der Waals surface area (Å²) in [5.41, 5.74) is 6.44. The molecule has 1 atom stereocenters. The summed E-state index contributed by atoms with van der Waals surface area (Å²) in [6.45, 7) is 3.01. The topological polar surface area (TPSA) is 58.4 Å². The van der Waals surface area contributed by atoms with Crippen LogP contribution in [0.15, 0.2) is 24.3 Å². The molecule has 1 aromatic rings. The Morgan fingerprint density at radius 1 is 1.53 bits per heavy atom. The molecule has 0 bridgehead atoms. The van der Waals surface area contributed by atoms with Crippen molar-refractivity contribution >= 4 is 23.2 Å². The van der Waals surface area contributed by atoms with Gasteiger partial charge in [0.2, 0.25) is 5.91 Å². The first-order chi connectivity index (χ1) is 9.17. The number of hydrogen-bond acceptors (Lipinski definition) is 3. The second-order valence-corrected chi connectivity index (χ2v) is 5.47. The van der Waals surface area contributed by atoms with Gasteiger partial charge in [-0.2, -0.15) is 0 Å². The number of likely N-dealkylation sites (tertiary alicyclic amines) is 1. The van der Waals surface area contributed by atoms with Crippen LogP contribution in [0.1, 0.15) is 12.8 Å². The molecule has 0 spiro atoms. The van der Waals surface area contributed by atoms with Gasteiger partial charge in [-0.05, 0) is 50.0 Å². The number of benzene rings is 1. The van der Waals surface area contributed by atoms with Crippen LogP contribution in [0, 0.1) is 5.92 Å². The molecule has 1 heterocycles. The molecule has 1 fully saturated rings. The maximum atomic E-state index is 12.0. The summed E-state index contributed by atoms with van der Waals surface area (Å²) in [7, 11) is 0. The summed E-state index contributed by atoms with van der Waals surface area (Å²) < 4.78 is 0. The van der Waals surface area contributed by atoms with Crippen molar-refractivity contribution in [1.82, 2.24) is 4.90 Å². The number of nitrogens with two attached hydrogens (primary N) is 1. The van der Waals surface area contributed by atoms with Crippen molar-refractivity contribution < 1.29 is 4.79 Å². The van der Waals surface area contributed by atoms with E-state index in [1.54, 1.807) is 12.1 Å².